The number of rotatable bonds is 13. The van der Waals surface area contributed by atoms with Gasteiger partial charge in [0.15, 0.2) is 0 Å². The lowest BCUT2D eigenvalue weighted by atomic mass is 9.65. The highest BCUT2D eigenvalue weighted by atomic mass is 16.5. The molecule has 1 unspecified atom stereocenters. The van der Waals surface area contributed by atoms with Crippen LogP contribution in [0.4, 0.5) is 0 Å². The van der Waals surface area contributed by atoms with E-state index in [1.165, 1.54) is 0 Å². The minimum absolute atomic E-state index is 0.0230. The zero-order valence-electron chi connectivity index (χ0n) is 20.4. The molecule has 0 fully saturated rings. The van der Waals surface area contributed by atoms with Gasteiger partial charge >= 0.3 is 0 Å². The van der Waals surface area contributed by atoms with E-state index in [4.69, 9.17) is 19.9 Å². The second-order valence-electron chi connectivity index (χ2n) is 10.8. The molecule has 0 heterocycles. The van der Waals surface area contributed by atoms with E-state index >= 15 is 0 Å². The summed E-state index contributed by atoms with van der Waals surface area (Å²) in [5.74, 6) is 0. The molecule has 27 heavy (non-hydrogen) atoms. The van der Waals surface area contributed by atoms with E-state index in [0.717, 1.165) is 25.7 Å². The van der Waals surface area contributed by atoms with Crippen molar-refractivity contribution in [2.24, 2.45) is 11.1 Å². The summed E-state index contributed by atoms with van der Waals surface area (Å²) in [6, 6.07) is 0. The number of ether oxygens (including phenoxy) is 3. The Bertz CT molecular complexity index is 366. The maximum absolute atomic E-state index is 6.28. The maximum Gasteiger partial charge on any atom is 0.103 e. The van der Waals surface area contributed by atoms with Gasteiger partial charge in [0.25, 0.3) is 0 Å². The van der Waals surface area contributed by atoms with Crippen LogP contribution in [0.5, 0.6) is 0 Å². The topological polar surface area (TPSA) is 53.7 Å². The minimum Gasteiger partial charge on any atom is -0.373 e. The summed E-state index contributed by atoms with van der Waals surface area (Å²) < 4.78 is 18.6. The summed E-state index contributed by atoms with van der Waals surface area (Å²) >= 11 is 0. The molecule has 0 aliphatic heterocycles. The quantitative estimate of drug-likeness (QED) is 0.390. The molecular weight excluding hydrogens is 338 g/mol. The molecule has 0 aromatic carbocycles. The summed E-state index contributed by atoms with van der Waals surface area (Å²) in [7, 11) is 0. The normalized spacial score (nSPS) is 15.7. The van der Waals surface area contributed by atoms with E-state index in [1.807, 2.05) is 6.92 Å². The molecule has 0 bridgehead atoms. The van der Waals surface area contributed by atoms with Gasteiger partial charge in [0, 0.05) is 0 Å². The van der Waals surface area contributed by atoms with Gasteiger partial charge in [0.2, 0.25) is 0 Å². The smallest absolute Gasteiger partial charge is 0.103 e. The van der Waals surface area contributed by atoms with Gasteiger partial charge in [0.1, 0.15) is 6.23 Å². The first-order valence-electron chi connectivity index (χ1n) is 10.7. The van der Waals surface area contributed by atoms with E-state index < -0.39 is 0 Å². The Balaban J connectivity index is 5.80. The highest BCUT2D eigenvalue weighted by molar-refractivity contribution is 4.95. The Labute approximate surface area is 169 Å². The van der Waals surface area contributed by atoms with Crippen molar-refractivity contribution in [3.8, 4) is 0 Å². The molecule has 0 radical (unpaired) electrons. The Morgan fingerprint density at radius 1 is 0.630 bits per heavy atom. The molecule has 0 spiro atoms. The van der Waals surface area contributed by atoms with Crippen LogP contribution in [-0.2, 0) is 14.2 Å². The van der Waals surface area contributed by atoms with Gasteiger partial charge in [0.05, 0.1) is 29.0 Å². The summed E-state index contributed by atoms with van der Waals surface area (Å²) in [5, 5.41) is 0. The molecule has 0 aromatic rings. The third kappa shape index (κ3) is 11.4. The zero-order chi connectivity index (χ0) is 21.7. The first kappa shape index (κ1) is 26.8. The molecule has 0 rings (SSSR count). The van der Waals surface area contributed by atoms with Crippen LogP contribution in [0, 0.1) is 5.41 Å². The van der Waals surface area contributed by atoms with Gasteiger partial charge in [-0.05, 0) is 101 Å². The monoisotopic (exact) mass is 387 g/mol. The standard InChI is InChI=1S/C23H49NO3/c1-13-23(14-20(7,8)25-17(2)3,15-21(9,10)26-18(4)5)16-22(11,12)27-19(6)24/h17-19H,13-16,24H2,1-12H3. The second-order valence-corrected chi connectivity index (χ2v) is 10.8. The summed E-state index contributed by atoms with van der Waals surface area (Å²) in [6.45, 7) is 25.7. The minimum atomic E-state index is -0.313. The Kier molecular flexibility index (Phi) is 9.99. The molecule has 0 aliphatic rings. The van der Waals surface area contributed by atoms with Crippen molar-refractivity contribution in [3.63, 3.8) is 0 Å². The molecule has 4 nitrogen and oxygen atoms in total. The van der Waals surface area contributed by atoms with E-state index in [9.17, 15) is 0 Å². The molecule has 0 saturated heterocycles. The van der Waals surface area contributed by atoms with Gasteiger partial charge < -0.3 is 19.9 Å². The Morgan fingerprint density at radius 2 is 0.926 bits per heavy atom. The average Bonchev–Trinajstić information content (AvgIpc) is 2.30. The van der Waals surface area contributed by atoms with Crippen LogP contribution in [0.15, 0.2) is 0 Å². The lowest BCUT2D eigenvalue weighted by molar-refractivity contribution is -0.144. The Morgan fingerprint density at radius 3 is 1.15 bits per heavy atom. The highest BCUT2D eigenvalue weighted by Crippen LogP contribution is 2.48. The highest BCUT2D eigenvalue weighted by Gasteiger charge is 2.44. The van der Waals surface area contributed by atoms with Crippen LogP contribution in [0.25, 0.3) is 0 Å². The first-order chi connectivity index (χ1) is 11.9. The number of hydrogen-bond donors (Lipinski definition) is 1. The van der Waals surface area contributed by atoms with Crippen molar-refractivity contribution in [2.45, 2.75) is 144 Å². The summed E-state index contributed by atoms with van der Waals surface area (Å²) in [6.07, 6.45) is 3.96. The predicted molar refractivity (Wildman–Crippen MR) is 116 cm³/mol. The molecule has 1 atom stereocenters. The van der Waals surface area contributed by atoms with Crippen molar-refractivity contribution in [1.29, 1.82) is 0 Å². The van der Waals surface area contributed by atoms with Gasteiger partial charge in [-0.3, -0.25) is 0 Å². The number of hydrogen-bond acceptors (Lipinski definition) is 4. The Hall–Kier alpha value is -0.160. The fourth-order valence-electron chi connectivity index (χ4n) is 5.18. The van der Waals surface area contributed by atoms with Crippen molar-refractivity contribution in [1.82, 2.24) is 0 Å². The van der Waals surface area contributed by atoms with Gasteiger partial charge in [-0.2, -0.15) is 0 Å². The molecular formula is C23H49NO3. The zero-order valence-corrected chi connectivity index (χ0v) is 20.4. The third-order valence-electron chi connectivity index (χ3n) is 4.77. The maximum atomic E-state index is 6.28. The van der Waals surface area contributed by atoms with Crippen LogP contribution in [-0.4, -0.2) is 35.2 Å². The van der Waals surface area contributed by atoms with Crippen molar-refractivity contribution in [3.05, 3.63) is 0 Å². The predicted octanol–water partition coefficient (Wildman–Crippen LogP) is 6.06. The second kappa shape index (κ2) is 10.0. The average molecular weight is 388 g/mol. The van der Waals surface area contributed by atoms with Crippen LogP contribution in [0.3, 0.4) is 0 Å². The van der Waals surface area contributed by atoms with Crippen molar-refractivity contribution in [2.75, 3.05) is 0 Å². The summed E-state index contributed by atoms with van der Waals surface area (Å²) in [4.78, 5) is 0. The largest absolute Gasteiger partial charge is 0.373 e. The molecule has 164 valence electrons. The van der Waals surface area contributed by atoms with E-state index in [2.05, 4.69) is 76.2 Å². The van der Waals surface area contributed by atoms with Gasteiger partial charge in [-0.15, -0.1) is 0 Å². The molecule has 0 aromatic heterocycles. The lowest BCUT2D eigenvalue weighted by Gasteiger charge is -2.48. The van der Waals surface area contributed by atoms with Crippen molar-refractivity contribution < 1.29 is 14.2 Å². The van der Waals surface area contributed by atoms with Crippen LogP contribution in [0.1, 0.15) is 109 Å². The van der Waals surface area contributed by atoms with Gasteiger partial charge in [-0.1, -0.05) is 13.3 Å². The van der Waals surface area contributed by atoms with Crippen molar-refractivity contribution >= 4 is 0 Å². The third-order valence-corrected chi connectivity index (χ3v) is 4.77. The van der Waals surface area contributed by atoms with Gasteiger partial charge in [-0.25, -0.2) is 0 Å². The first-order valence-corrected chi connectivity index (χ1v) is 10.7. The fraction of sp³-hybridized carbons (Fsp3) is 1.00. The van der Waals surface area contributed by atoms with Crippen LogP contribution < -0.4 is 5.73 Å². The lowest BCUT2D eigenvalue weighted by Crippen LogP contribution is -2.46. The molecule has 0 aliphatic carbocycles. The number of nitrogens with two attached hydrogens (primary N) is 1. The fourth-order valence-corrected chi connectivity index (χ4v) is 5.18. The van der Waals surface area contributed by atoms with Crippen LogP contribution >= 0.6 is 0 Å². The SMILES string of the molecule is CCC(CC(C)(C)OC(C)C)(CC(C)(C)OC(C)C)CC(C)(C)OC(C)N. The van der Waals surface area contributed by atoms with E-state index in [-0.39, 0.29) is 40.7 Å². The molecule has 0 saturated carbocycles. The van der Waals surface area contributed by atoms with E-state index in [1.54, 1.807) is 0 Å². The summed E-state index contributed by atoms with van der Waals surface area (Å²) in [5.41, 5.74) is 5.22. The molecule has 0 amide bonds. The molecule has 2 N–H and O–H groups in total. The van der Waals surface area contributed by atoms with E-state index in [0.29, 0.717) is 0 Å². The molecule has 4 heteroatoms. The van der Waals surface area contributed by atoms with Crippen LogP contribution in [0.2, 0.25) is 0 Å².